The molecule has 2 aliphatic carbocycles. The lowest BCUT2D eigenvalue weighted by Gasteiger charge is -2.29. The molecule has 2 aromatic rings. The Morgan fingerprint density at radius 1 is 0.971 bits per heavy atom. The maximum Gasteiger partial charge on any atom is 0.407 e. The lowest BCUT2D eigenvalue weighted by atomic mass is 9.85. The summed E-state index contributed by atoms with van der Waals surface area (Å²) in [5.41, 5.74) is 4.69. The third kappa shape index (κ3) is 5.75. The number of carboxylic acid groups (broad SMARTS) is 1. The Kier molecular flexibility index (Phi) is 7.80. The fourth-order valence-corrected chi connectivity index (χ4v) is 4.92. The first-order valence-corrected chi connectivity index (χ1v) is 11.7. The van der Waals surface area contributed by atoms with Crippen molar-refractivity contribution in [1.29, 1.82) is 0 Å². The zero-order chi connectivity index (χ0) is 23.9. The van der Waals surface area contributed by atoms with E-state index in [-0.39, 0.29) is 50.2 Å². The van der Waals surface area contributed by atoms with Gasteiger partial charge >= 0.3 is 12.1 Å². The second-order valence-corrected chi connectivity index (χ2v) is 8.77. The number of carboxylic acids is 1. The molecule has 1 saturated carbocycles. The van der Waals surface area contributed by atoms with Crippen LogP contribution in [-0.2, 0) is 19.1 Å². The van der Waals surface area contributed by atoms with Gasteiger partial charge in [0.15, 0.2) is 0 Å². The average molecular weight is 467 g/mol. The van der Waals surface area contributed by atoms with Crippen molar-refractivity contribution in [3.05, 3.63) is 59.7 Å². The van der Waals surface area contributed by atoms with E-state index in [1.807, 2.05) is 24.3 Å². The number of aliphatic carboxylic acids is 1. The van der Waals surface area contributed by atoms with E-state index in [1.165, 1.54) is 22.3 Å². The fourth-order valence-electron chi connectivity index (χ4n) is 4.92. The van der Waals surface area contributed by atoms with Crippen LogP contribution in [0.4, 0.5) is 4.79 Å². The number of carbonyl (C=O) groups is 3. The van der Waals surface area contributed by atoms with Crippen molar-refractivity contribution in [3.8, 4) is 11.1 Å². The van der Waals surface area contributed by atoms with E-state index in [0.717, 1.165) is 19.3 Å². The maximum absolute atomic E-state index is 12.6. The molecule has 2 aromatic carbocycles. The first-order valence-electron chi connectivity index (χ1n) is 11.7. The van der Waals surface area contributed by atoms with E-state index < -0.39 is 12.1 Å². The van der Waals surface area contributed by atoms with Crippen molar-refractivity contribution in [2.24, 2.45) is 5.92 Å². The van der Waals surface area contributed by atoms with Crippen LogP contribution in [0, 0.1) is 5.92 Å². The second-order valence-electron chi connectivity index (χ2n) is 8.77. The Morgan fingerprint density at radius 3 is 2.32 bits per heavy atom. The van der Waals surface area contributed by atoms with Gasteiger partial charge in [-0.15, -0.1) is 0 Å². The molecule has 4 rings (SSSR count). The molecule has 0 aliphatic heterocycles. The molecule has 3 N–H and O–H groups in total. The van der Waals surface area contributed by atoms with Crippen LogP contribution in [-0.4, -0.2) is 55.5 Å². The van der Waals surface area contributed by atoms with E-state index in [1.54, 1.807) is 0 Å². The molecule has 2 atom stereocenters. The number of hydrogen-bond donors (Lipinski definition) is 3. The monoisotopic (exact) mass is 466 g/mol. The van der Waals surface area contributed by atoms with Crippen molar-refractivity contribution < 1.29 is 29.0 Å². The van der Waals surface area contributed by atoms with E-state index in [2.05, 4.69) is 34.9 Å². The molecule has 0 spiro atoms. The predicted octanol–water partition coefficient (Wildman–Crippen LogP) is 3.30. The highest BCUT2D eigenvalue weighted by atomic mass is 16.5. The number of amides is 2. The van der Waals surface area contributed by atoms with Crippen LogP contribution in [0.25, 0.3) is 11.1 Å². The number of benzene rings is 2. The summed E-state index contributed by atoms with van der Waals surface area (Å²) in [7, 11) is 0. The SMILES string of the molecule is O=C(O)COCCNC(=O)[C@@H]1CCC[C@@H](NC(=O)OCC2c3ccccc3-c3ccccc32)C1. The van der Waals surface area contributed by atoms with E-state index in [4.69, 9.17) is 14.6 Å². The number of rotatable bonds is 9. The lowest BCUT2D eigenvalue weighted by Crippen LogP contribution is -2.43. The summed E-state index contributed by atoms with van der Waals surface area (Å²) < 4.78 is 10.6. The summed E-state index contributed by atoms with van der Waals surface area (Å²) in [4.78, 5) is 35.4. The Balaban J connectivity index is 1.24. The van der Waals surface area contributed by atoms with E-state index in [0.29, 0.717) is 6.42 Å². The lowest BCUT2D eigenvalue weighted by molar-refractivity contribution is -0.142. The van der Waals surface area contributed by atoms with Gasteiger partial charge in [0, 0.05) is 24.4 Å². The van der Waals surface area contributed by atoms with Gasteiger partial charge in [0.05, 0.1) is 6.61 Å². The molecule has 8 nitrogen and oxygen atoms in total. The Morgan fingerprint density at radius 2 is 1.65 bits per heavy atom. The molecule has 0 unspecified atom stereocenters. The molecule has 34 heavy (non-hydrogen) atoms. The van der Waals surface area contributed by atoms with Crippen molar-refractivity contribution in [3.63, 3.8) is 0 Å². The summed E-state index contributed by atoms with van der Waals surface area (Å²) in [6.45, 7) is 0.275. The van der Waals surface area contributed by atoms with Crippen LogP contribution in [0.5, 0.6) is 0 Å². The van der Waals surface area contributed by atoms with E-state index in [9.17, 15) is 14.4 Å². The smallest absolute Gasteiger partial charge is 0.407 e. The molecule has 2 amide bonds. The fraction of sp³-hybridized carbons (Fsp3) is 0.423. The van der Waals surface area contributed by atoms with E-state index >= 15 is 0 Å². The quantitative estimate of drug-likeness (QED) is 0.489. The molecule has 0 aromatic heterocycles. The van der Waals surface area contributed by atoms with Gasteiger partial charge in [-0.3, -0.25) is 4.79 Å². The third-order valence-electron chi connectivity index (χ3n) is 6.48. The van der Waals surface area contributed by atoms with Gasteiger partial charge in [0.1, 0.15) is 13.2 Å². The van der Waals surface area contributed by atoms with Gasteiger partial charge in [-0.1, -0.05) is 55.0 Å². The van der Waals surface area contributed by atoms with Gasteiger partial charge in [-0.2, -0.15) is 0 Å². The molecule has 0 heterocycles. The molecule has 0 saturated heterocycles. The van der Waals surface area contributed by atoms with Crippen molar-refractivity contribution in [1.82, 2.24) is 10.6 Å². The topological polar surface area (TPSA) is 114 Å². The van der Waals surface area contributed by atoms with Crippen LogP contribution < -0.4 is 10.6 Å². The number of hydrogen-bond acceptors (Lipinski definition) is 5. The van der Waals surface area contributed by atoms with Crippen LogP contribution in [0.1, 0.15) is 42.7 Å². The number of ether oxygens (including phenoxy) is 2. The normalized spacial score (nSPS) is 19.1. The van der Waals surface area contributed by atoms with Crippen LogP contribution in [0.3, 0.4) is 0 Å². The highest BCUT2D eigenvalue weighted by molar-refractivity contribution is 5.80. The largest absolute Gasteiger partial charge is 0.480 e. The highest BCUT2D eigenvalue weighted by Crippen LogP contribution is 2.44. The summed E-state index contributed by atoms with van der Waals surface area (Å²) in [6, 6.07) is 16.3. The molecule has 180 valence electrons. The van der Waals surface area contributed by atoms with Crippen molar-refractivity contribution in [2.75, 3.05) is 26.4 Å². The predicted molar refractivity (Wildman–Crippen MR) is 125 cm³/mol. The molecular weight excluding hydrogens is 436 g/mol. The maximum atomic E-state index is 12.6. The van der Waals surface area contributed by atoms with Gasteiger partial charge in [0.2, 0.25) is 5.91 Å². The minimum absolute atomic E-state index is 0.00591. The van der Waals surface area contributed by atoms with Gasteiger partial charge in [-0.05, 0) is 41.5 Å². The highest BCUT2D eigenvalue weighted by Gasteiger charge is 2.31. The average Bonchev–Trinajstić information content (AvgIpc) is 3.16. The van der Waals surface area contributed by atoms with Crippen LogP contribution in [0.15, 0.2) is 48.5 Å². The summed E-state index contributed by atoms with van der Waals surface area (Å²) >= 11 is 0. The van der Waals surface area contributed by atoms with Crippen molar-refractivity contribution in [2.45, 2.75) is 37.6 Å². The number of carbonyl (C=O) groups excluding carboxylic acids is 2. The number of alkyl carbamates (subject to hydrolysis) is 1. The number of fused-ring (bicyclic) bond motifs is 3. The Hall–Kier alpha value is -3.39. The molecular formula is C26H30N2O6. The molecule has 2 aliphatic rings. The Labute approximate surface area is 198 Å². The first kappa shape index (κ1) is 23.8. The zero-order valence-corrected chi connectivity index (χ0v) is 19.0. The van der Waals surface area contributed by atoms with Gasteiger partial charge < -0.3 is 25.2 Å². The van der Waals surface area contributed by atoms with Gasteiger partial charge in [-0.25, -0.2) is 9.59 Å². The molecule has 1 fully saturated rings. The second kappa shape index (κ2) is 11.2. The van der Waals surface area contributed by atoms with Gasteiger partial charge in [0.25, 0.3) is 0 Å². The molecule has 0 radical (unpaired) electrons. The summed E-state index contributed by atoms with van der Waals surface area (Å²) in [6.07, 6.45) is 2.48. The van der Waals surface area contributed by atoms with Crippen LogP contribution in [0.2, 0.25) is 0 Å². The third-order valence-corrected chi connectivity index (χ3v) is 6.48. The first-order chi connectivity index (χ1) is 16.5. The minimum atomic E-state index is -1.04. The number of nitrogens with one attached hydrogen (secondary N) is 2. The Bertz CT molecular complexity index is 994. The summed E-state index contributed by atoms with van der Waals surface area (Å²) in [5.74, 6) is -1.34. The molecule has 0 bridgehead atoms. The summed E-state index contributed by atoms with van der Waals surface area (Å²) in [5, 5.41) is 14.3. The van der Waals surface area contributed by atoms with Crippen molar-refractivity contribution >= 4 is 18.0 Å². The minimum Gasteiger partial charge on any atom is -0.480 e. The molecule has 8 heteroatoms. The zero-order valence-electron chi connectivity index (χ0n) is 19.0. The standard InChI is InChI=1S/C26H30N2O6/c29-24(30)16-33-13-12-27-25(31)17-6-5-7-18(14-17)28-26(32)34-15-23-21-10-3-1-8-19(21)20-9-2-4-11-22(20)23/h1-4,8-11,17-18,23H,5-7,12-16H2,(H,27,31)(H,28,32)(H,29,30)/t17-,18-/m1/s1. The van der Waals surface area contributed by atoms with Crippen LogP contribution >= 0.6 is 0 Å².